The van der Waals surface area contributed by atoms with E-state index in [1.807, 2.05) is 6.92 Å². The second kappa shape index (κ2) is 5.90. The first kappa shape index (κ1) is 14.3. The van der Waals surface area contributed by atoms with Crippen molar-refractivity contribution in [3.8, 4) is 0 Å². The molecule has 4 unspecified atom stereocenters. The lowest BCUT2D eigenvalue weighted by molar-refractivity contribution is -0.142. The summed E-state index contributed by atoms with van der Waals surface area (Å²) in [6, 6.07) is -0.113. The first-order chi connectivity index (χ1) is 9.02. The summed E-state index contributed by atoms with van der Waals surface area (Å²) in [4.78, 5) is 25.3. The van der Waals surface area contributed by atoms with E-state index >= 15 is 0 Å². The van der Waals surface area contributed by atoms with Crippen molar-refractivity contribution in [3.63, 3.8) is 0 Å². The summed E-state index contributed by atoms with van der Waals surface area (Å²) in [6.07, 6.45) is 3.13. The van der Waals surface area contributed by atoms with E-state index in [2.05, 4.69) is 12.2 Å². The molecule has 5 nitrogen and oxygen atoms in total. The molecule has 2 rings (SSSR count). The van der Waals surface area contributed by atoms with Gasteiger partial charge in [-0.2, -0.15) is 0 Å². The first-order valence-electron chi connectivity index (χ1n) is 7.27. The van der Waals surface area contributed by atoms with Crippen LogP contribution in [0.5, 0.6) is 0 Å². The highest BCUT2D eigenvalue weighted by atomic mass is 16.4. The topological polar surface area (TPSA) is 69.6 Å². The minimum Gasteiger partial charge on any atom is -0.481 e. The van der Waals surface area contributed by atoms with E-state index in [1.54, 1.807) is 4.90 Å². The van der Waals surface area contributed by atoms with Crippen molar-refractivity contribution < 1.29 is 14.7 Å². The van der Waals surface area contributed by atoms with Crippen LogP contribution in [0.15, 0.2) is 0 Å². The summed E-state index contributed by atoms with van der Waals surface area (Å²) >= 11 is 0. The van der Waals surface area contributed by atoms with Crippen molar-refractivity contribution in [2.75, 3.05) is 19.6 Å². The molecule has 2 aliphatic rings. The maximum absolute atomic E-state index is 12.4. The number of carbonyl (C=O) groups excluding carboxylic acids is 1. The number of hydrogen-bond donors (Lipinski definition) is 2. The molecule has 2 N–H and O–H groups in total. The molecular formula is C14H24N2O3. The van der Waals surface area contributed by atoms with E-state index in [4.69, 9.17) is 5.11 Å². The summed E-state index contributed by atoms with van der Waals surface area (Å²) in [5.41, 5.74) is 0. The van der Waals surface area contributed by atoms with Crippen LogP contribution in [-0.4, -0.2) is 47.6 Å². The summed E-state index contributed by atoms with van der Waals surface area (Å²) < 4.78 is 0. The normalized spacial score (nSPS) is 35.4. The van der Waals surface area contributed by atoms with Gasteiger partial charge in [-0.15, -0.1) is 0 Å². The van der Waals surface area contributed by atoms with Crippen LogP contribution in [0.3, 0.4) is 0 Å². The highest BCUT2D eigenvalue weighted by molar-refractivity contribution is 5.83. The van der Waals surface area contributed by atoms with Crippen LogP contribution >= 0.6 is 0 Å². The van der Waals surface area contributed by atoms with Crippen LogP contribution in [0.1, 0.15) is 33.1 Å². The first-order valence-corrected chi connectivity index (χ1v) is 7.27. The molecule has 2 saturated heterocycles. The van der Waals surface area contributed by atoms with Crippen molar-refractivity contribution in [2.24, 2.45) is 17.8 Å². The summed E-state index contributed by atoms with van der Waals surface area (Å²) in [6.45, 7) is 5.90. The molecule has 0 aliphatic carbocycles. The van der Waals surface area contributed by atoms with Crippen LogP contribution < -0.4 is 5.32 Å². The predicted octanol–water partition coefficient (Wildman–Crippen LogP) is 0.944. The Morgan fingerprint density at radius 3 is 2.68 bits per heavy atom. The third kappa shape index (κ3) is 3.08. The zero-order valence-corrected chi connectivity index (χ0v) is 11.8. The fraction of sp³-hybridized carbons (Fsp3) is 0.857. The van der Waals surface area contributed by atoms with Gasteiger partial charge in [-0.1, -0.05) is 20.3 Å². The van der Waals surface area contributed by atoms with E-state index in [1.165, 1.54) is 0 Å². The SMILES string of the molecule is CCC1CCNC(C(=O)N2CC(C)C(C(=O)O)C2)C1. The molecule has 0 aromatic rings. The van der Waals surface area contributed by atoms with E-state index in [-0.39, 0.29) is 17.9 Å². The Morgan fingerprint density at radius 2 is 2.11 bits per heavy atom. The average molecular weight is 268 g/mol. The van der Waals surface area contributed by atoms with Gasteiger partial charge >= 0.3 is 5.97 Å². The Labute approximate surface area is 114 Å². The Hall–Kier alpha value is -1.10. The Morgan fingerprint density at radius 1 is 1.37 bits per heavy atom. The molecule has 2 fully saturated rings. The molecule has 0 bridgehead atoms. The van der Waals surface area contributed by atoms with Gasteiger partial charge in [-0.05, 0) is 31.2 Å². The molecule has 5 heteroatoms. The monoisotopic (exact) mass is 268 g/mol. The van der Waals surface area contributed by atoms with E-state index in [0.29, 0.717) is 19.0 Å². The third-order valence-electron chi connectivity index (χ3n) is 4.63. The van der Waals surface area contributed by atoms with Gasteiger partial charge in [0.15, 0.2) is 0 Å². The minimum atomic E-state index is -0.786. The maximum Gasteiger partial charge on any atom is 0.308 e. The number of nitrogens with zero attached hydrogens (tertiary/aromatic N) is 1. The summed E-state index contributed by atoms with van der Waals surface area (Å²) in [5.74, 6) is -0.438. The highest BCUT2D eigenvalue weighted by Crippen LogP contribution is 2.26. The molecule has 0 saturated carbocycles. The Balaban J connectivity index is 1.95. The average Bonchev–Trinajstić information content (AvgIpc) is 2.80. The van der Waals surface area contributed by atoms with Gasteiger partial charge < -0.3 is 15.3 Å². The summed E-state index contributed by atoms with van der Waals surface area (Å²) in [5, 5.41) is 12.4. The zero-order valence-electron chi connectivity index (χ0n) is 11.8. The fourth-order valence-electron chi connectivity index (χ4n) is 3.24. The van der Waals surface area contributed by atoms with Crippen molar-refractivity contribution in [3.05, 3.63) is 0 Å². The van der Waals surface area contributed by atoms with Gasteiger partial charge in [0.25, 0.3) is 0 Å². The summed E-state index contributed by atoms with van der Waals surface area (Å²) in [7, 11) is 0. The number of amides is 1. The molecule has 0 spiro atoms. The van der Waals surface area contributed by atoms with Gasteiger partial charge in [0, 0.05) is 13.1 Å². The maximum atomic E-state index is 12.4. The molecule has 0 aromatic carbocycles. The van der Waals surface area contributed by atoms with Gasteiger partial charge in [0.2, 0.25) is 5.91 Å². The van der Waals surface area contributed by atoms with Crippen molar-refractivity contribution in [1.82, 2.24) is 10.2 Å². The molecule has 108 valence electrons. The van der Waals surface area contributed by atoms with Crippen molar-refractivity contribution >= 4 is 11.9 Å². The largest absolute Gasteiger partial charge is 0.481 e. The van der Waals surface area contributed by atoms with Gasteiger partial charge in [0.05, 0.1) is 12.0 Å². The Kier molecular flexibility index (Phi) is 4.45. The molecule has 0 aromatic heterocycles. The lowest BCUT2D eigenvalue weighted by atomic mass is 9.90. The van der Waals surface area contributed by atoms with E-state index in [9.17, 15) is 9.59 Å². The zero-order chi connectivity index (χ0) is 14.0. The minimum absolute atomic E-state index is 0.0482. The highest BCUT2D eigenvalue weighted by Gasteiger charge is 2.39. The Bertz CT molecular complexity index is 359. The van der Waals surface area contributed by atoms with E-state index < -0.39 is 11.9 Å². The predicted molar refractivity (Wildman–Crippen MR) is 71.7 cm³/mol. The van der Waals surface area contributed by atoms with E-state index in [0.717, 1.165) is 25.8 Å². The lowest BCUT2D eigenvalue weighted by Crippen LogP contribution is -2.49. The van der Waals surface area contributed by atoms with Crippen LogP contribution in [0.2, 0.25) is 0 Å². The van der Waals surface area contributed by atoms with Crippen LogP contribution in [0, 0.1) is 17.8 Å². The number of aliphatic carboxylic acids is 1. The van der Waals surface area contributed by atoms with Crippen LogP contribution in [0.4, 0.5) is 0 Å². The number of carbonyl (C=O) groups is 2. The fourth-order valence-corrected chi connectivity index (χ4v) is 3.24. The molecule has 4 atom stereocenters. The lowest BCUT2D eigenvalue weighted by Gasteiger charge is -2.31. The molecule has 2 aliphatic heterocycles. The second-order valence-corrected chi connectivity index (χ2v) is 5.97. The van der Waals surface area contributed by atoms with Crippen LogP contribution in [-0.2, 0) is 9.59 Å². The van der Waals surface area contributed by atoms with Crippen molar-refractivity contribution in [1.29, 1.82) is 0 Å². The molecule has 19 heavy (non-hydrogen) atoms. The number of rotatable bonds is 3. The number of carboxylic acids is 1. The number of likely N-dealkylation sites (tertiary alicyclic amines) is 1. The second-order valence-electron chi connectivity index (χ2n) is 5.97. The molecule has 1 amide bonds. The number of nitrogens with one attached hydrogen (secondary N) is 1. The molecular weight excluding hydrogens is 244 g/mol. The van der Waals surface area contributed by atoms with Gasteiger partial charge in [-0.3, -0.25) is 9.59 Å². The third-order valence-corrected chi connectivity index (χ3v) is 4.63. The smallest absolute Gasteiger partial charge is 0.308 e. The number of carboxylic acid groups (broad SMARTS) is 1. The van der Waals surface area contributed by atoms with Crippen molar-refractivity contribution in [2.45, 2.75) is 39.2 Å². The molecule has 0 radical (unpaired) electrons. The molecule has 2 heterocycles. The quantitative estimate of drug-likeness (QED) is 0.799. The standard InChI is InChI=1S/C14H24N2O3/c1-3-10-4-5-15-12(6-10)13(17)16-7-9(2)11(8-16)14(18)19/h9-12,15H,3-8H2,1-2H3,(H,18,19). The number of piperidine rings is 1. The van der Waals surface area contributed by atoms with Gasteiger partial charge in [-0.25, -0.2) is 0 Å². The number of hydrogen-bond acceptors (Lipinski definition) is 3. The van der Waals surface area contributed by atoms with Crippen LogP contribution in [0.25, 0.3) is 0 Å². The van der Waals surface area contributed by atoms with Gasteiger partial charge in [0.1, 0.15) is 0 Å².